The van der Waals surface area contributed by atoms with E-state index in [9.17, 15) is 4.79 Å². The topological polar surface area (TPSA) is 39.3 Å². The van der Waals surface area contributed by atoms with Gasteiger partial charge in [0.1, 0.15) is 0 Å². The van der Waals surface area contributed by atoms with Crippen molar-refractivity contribution in [1.82, 2.24) is 14.0 Å². The molecule has 0 spiro atoms. The molecule has 0 aliphatic heterocycles. The SMILES string of the molecule is CCCCCn1c(-c2ccc(C)cc2)cc(=O)n2cc(-c3ccc(Cl)cc3)nc12. The summed E-state index contributed by atoms with van der Waals surface area (Å²) in [5, 5.41) is 0.679. The van der Waals surface area contributed by atoms with E-state index in [1.54, 1.807) is 10.5 Å². The van der Waals surface area contributed by atoms with Gasteiger partial charge in [-0.05, 0) is 31.0 Å². The van der Waals surface area contributed by atoms with Crippen LogP contribution >= 0.6 is 11.6 Å². The van der Waals surface area contributed by atoms with Crippen molar-refractivity contribution in [2.45, 2.75) is 39.7 Å². The lowest BCUT2D eigenvalue weighted by atomic mass is 10.1. The first-order valence-corrected chi connectivity index (χ1v) is 10.4. The van der Waals surface area contributed by atoms with E-state index < -0.39 is 0 Å². The molecule has 2 heterocycles. The van der Waals surface area contributed by atoms with Crippen LogP contribution in [0.15, 0.2) is 65.6 Å². The molecule has 0 aliphatic carbocycles. The second-order valence-corrected chi connectivity index (χ2v) is 7.83. The molecule has 2 aromatic carbocycles. The van der Waals surface area contributed by atoms with Crippen molar-refractivity contribution in [3.63, 3.8) is 0 Å². The summed E-state index contributed by atoms with van der Waals surface area (Å²) in [6.07, 6.45) is 5.13. The van der Waals surface area contributed by atoms with Gasteiger partial charge in [-0.25, -0.2) is 4.98 Å². The Bertz CT molecular complexity index is 1190. The molecule has 4 rings (SSSR count). The molecular formula is C24H24ClN3O. The summed E-state index contributed by atoms with van der Waals surface area (Å²) in [7, 11) is 0. The van der Waals surface area contributed by atoms with Gasteiger partial charge in [-0.3, -0.25) is 9.20 Å². The summed E-state index contributed by atoms with van der Waals surface area (Å²) < 4.78 is 3.81. The minimum Gasteiger partial charge on any atom is -0.311 e. The van der Waals surface area contributed by atoms with Gasteiger partial charge in [0.25, 0.3) is 5.56 Å². The van der Waals surface area contributed by atoms with Crippen LogP contribution in [0.3, 0.4) is 0 Å². The molecule has 4 nitrogen and oxygen atoms in total. The fraction of sp³-hybridized carbons (Fsp3) is 0.250. The molecule has 148 valence electrons. The van der Waals surface area contributed by atoms with Gasteiger partial charge in [0, 0.05) is 29.4 Å². The van der Waals surface area contributed by atoms with Crippen LogP contribution in [0.25, 0.3) is 28.3 Å². The van der Waals surface area contributed by atoms with Crippen molar-refractivity contribution in [1.29, 1.82) is 0 Å². The number of unbranched alkanes of at least 4 members (excludes halogenated alkanes) is 2. The van der Waals surface area contributed by atoms with Crippen LogP contribution in [0.1, 0.15) is 31.7 Å². The molecule has 0 bridgehead atoms. The molecule has 0 fully saturated rings. The number of hydrogen-bond donors (Lipinski definition) is 0. The van der Waals surface area contributed by atoms with Gasteiger partial charge < -0.3 is 4.57 Å². The zero-order valence-corrected chi connectivity index (χ0v) is 17.5. The van der Waals surface area contributed by atoms with E-state index in [1.165, 1.54) is 5.56 Å². The van der Waals surface area contributed by atoms with Crippen LogP contribution in [0, 0.1) is 6.92 Å². The van der Waals surface area contributed by atoms with E-state index >= 15 is 0 Å². The normalized spacial score (nSPS) is 11.3. The van der Waals surface area contributed by atoms with Crippen molar-refractivity contribution in [2.75, 3.05) is 0 Å². The maximum absolute atomic E-state index is 12.9. The first-order valence-electron chi connectivity index (χ1n) is 10.0. The number of aryl methyl sites for hydroxylation is 2. The highest BCUT2D eigenvalue weighted by Crippen LogP contribution is 2.25. The van der Waals surface area contributed by atoms with E-state index in [-0.39, 0.29) is 5.56 Å². The van der Waals surface area contributed by atoms with Crippen LogP contribution in [0.5, 0.6) is 0 Å². The largest absolute Gasteiger partial charge is 0.311 e. The molecule has 0 atom stereocenters. The minimum atomic E-state index is -0.0740. The average Bonchev–Trinajstić information content (AvgIpc) is 3.17. The molecule has 5 heteroatoms. The predicted molar refractivity (Wildman–Crippen MR) is 120 cm³/mol. The molecule has 0 aliphatic rings. The number of halogens is 1. The zero-order chi connectivity index (χ0) is 20.4. The Hall–Kier alpha value is -2.85. The average molecular weight is 406 g/mol. The van der Waals surface area contributed by atoms with Gasteiger partial charge >= 0.3 is 0 Å². The number of benzene rings is 2. The van der Waals surface area contributed by atoms with Gasteiger partial charge in [0.15, 0.2) is 0 Å². The van der Waals surface area contributed by atoms with Crippen molar-refractivity contribution in [3.05, 3.63) is 81.7 Å². The number of rotatable bonds is 6. The van der Waals surface area contributed by atoms with Crippen LogP contribution in [-0.2, 0) is 6.54 Å². The van der Waals surface area contributed by atoms with Gasteiger partial charge in [0.2, 0.25) is 5.78 Å². The zero-order valence-electron chi connectivity index (χ0n) is 16.7. The Morgan fingerprint density at radius 1 is 0.966 bits per heavy atom. The summed E-state index contributed by atoms with van der Waals surface area (Å²) in [5.74, 6) is 0.675. The molecule has 4 aromatic rings. The van der Waals surface area contributed by atoms with Crippen LogP contribution in [0.2, 0.25) is 5.02 Å². The maximum atomic E-state index is 12.9. The fourth-order valence-electron chi connectivity index (χ4n) is 3.56. The third kappa shape index (κ3) is 3.99. The first-order chi connectivity index (χ1) is 14.1. The Morgan fingerprint density at radius 2 is 1.66 bits per heavy atom. The number of hydrogen-bond acceptors (Lipinski definition) is 2. The van der Waals surface area contributed by atoms with E-state index in [0.717, 1.165) is 48.3 Å². The lowest BCUT2D eigenvalue weighted by Crippen LogP contribution is -2.18. The molecule has 0 radical (unpaired) electrons. The molecular weight excluding hydrogens is 382 g/mol. The van der Waals surface area contributed by atoms with E-state index in [4.69, 9.17) is 16.6 Å². The van der Waals surface area contributed by atoms with Crippen LogP contribution in [0.4, 0.5) is 0 Å². The molecule has 0 saturated heterocycles. The minimum absolute atomic E-state index is 0.0740. The number of aromatic nitrogens is 3. The number of nitrogens with zero attached hydrogens (tertiary/aromatic N) is 3. The number of imidazole rings is 1. The third-order valence-electron chi connectivity index (χ3n) is 5.19. The van der Waals surface area contributed by atoms with E-state index in [2.05, 4.69) is 42.7 Å². The Labute approximate surface area is 175 Å². The fourth-order valence-corrected chi connectivity index (χ4v) is 3.68. The summed E-state index contributed by atoms with van der Waals surface area (Å²) in [4.78, 5) is 17.7. The molecule has 0 saturated carbocycles. The smallest absolute Gasteiger partial charge is 0.259 e. The lowest BCUT2D eigenvalue weighted by Gasteiger charge is -2.15. The summed E-state index contributed by atoms with van der Waals surface area (Å²) in [5.41, 5.74) is 4.77. The highest BCUT2D eigenvalue weighted by atomic mass is 35.5. The highest BCUT2D eigenvalue weighted by molar-refractivity contribution is 6.30. The molecule has 0 N–H and O–H groups in total. The standard InChI is InChI=1S/C24H24ClN3O/c1-3-4-5-14-27-22(19-8-6-17(2)7-9-19)15-23(29)28-16-21(26-24(27)28)18-10-12-20(25)13-11-18/h6-13,15-16H,3-5,14H2,1-2H3. The third-order valence-corrected chi connectivity index (χ3v) is 5.44. The Kier molecular flexibility index (Phi) is 5.54. The first kappa shape index (κ1) is 19.5. The number of fused-ring (bicyclic) bond motifs is 1. The second-order valence-electron chi connectivity index (χ2n) is 7.40. The van der Waals surface area contributed by atoms with E-state index in [1.807, 2.05) is 30.5 Å². The molecule has 29 heavy (non-hydrogen) atoms. The van der Waals surface area contributed by atoms with Gasteiger partial charge in [0.05, 0.1) is 11.4 Å². The van der Waals surface area contributed by atoms with E-state index in [0.29, 0.717) is 10.8 Å². The van der Waals surface area contributed by atoms with Gasteiger partial charge in [-0.15, -0.1) is 0 Å². The molecule has 0 amide bonds. The van der Waals surface area contributed by atoms with Crippen molar-refractivity contribution in [2.24, 2.45) is 0 Å². The van der Waals surface area contributed by atoms with Crippen LogP contribution < -0.4 is 5.56 Å². The van der Waals surface area contributed by atoms with Crippen molar-refractivity contribution >= 4 is 17.4 Å². The summed E-state index contributed by atoms with van der Waals surface area (Å²) >= 11 is 6.02. The molecule has 0 unspecified atom stereocenters. The highest BCUT2D eigenvalue weighted by Gasteiger charge is 2.15. The lowest BCUT2D eigenvalue weighted by molar-refractivity contribution is 0.606. The van der Waals surface area contributed by atoms with Gasteiger partial charge in [-0.1, -0.05) is 73.3 Å². The quantitative estimate of drug-likeness (QED) is 0.370. The van der Waals surface area contributed by atoms with Crippen LogP contribution in [-0.4, -0.2) is 14.0 Å². The maximum Gasteiger partial charge on any atom is 0.259 e. The Balaban J connectivity index is 1.90. The van der Waals surface area contributed by atoms with Crippen molar-refractivity contribution in [3.8, 4) is 22.5 Å². The second kappa shape index (κ2) is 8.26. The Morgan fingerprint density at radius 3 is 2.34 bits per heavy atom. The predicted octanol–water partition coefficient (Wildman–Crippen LogP) is 5.98. The molecule has 2 aromatic heterocycles. The summed E-state index contributed by atoms with van der Waals surface area (Å²) in [6.45, 7) is 5.07. The summed E-state index contributed by atoms with van der Waals surface area (Å²) in [6, 6.07) is 17.5. The monoisotopic (exact) mass is 405 g/mol. The van der Waals surface area contributed by atoms with Gasteiger partial charge in [-0.2, -0.15) is 0 Å². The van der Waals surface area contributed by atoms with Crippen molar-refractivity contribution < 1.29 is 0 Å².